The Balaban J connectivity index is 3.49. The van der Waals surface area contributed by atoms with E-state index in [1.54, 1.807) is 11.8 Å². The molecule has 0 aromatic rings. The quantitative estimate of drug-likeness (QED) is 0.337. The molecule has 0 aliphatic rings. The van der Waals surface area contributed by atoms with Crippen LogP contribution in [0.4, 0.5) is 0 Å². The Hall–Kier alpha value is -0.260. The molecular weight excluding hydrogens is 228 g/mol. The van der Waals surface area contributed by atoms with Gasteiger partial charge in [-0.3, -0.25) is 4.79 Å². The monoisotopic (exact) mass is 250 g/mol. The number of rotatable bonds is 10. The molecule has 5 heteroatoms. The van der Waals surface area contributed by atoms with Crippen LogP contribution in [-0.4, -0.2) is 43.6 Å². The minimum atomic E-state index is -0.156. The molecule has 0 saturated carbocycles. The van der Waals surface area contributed by atoms with Gasteiger partial charge in [-0.1, -0.05) is 0 Å². The summed E-state index contributed by atoms with van der Waals surface area (Å²) >= 11 is 1.55. The van der Waals surface area contributed by atoms with E-state index in [4.69, 9.17) is 14.2 Å². The lowest BCUT2D eigenvalue weighted by Gasteiger charge is -2.16. The molecule has 0 aliphatic heterocycles. The highest BCUT2D eigenvalue weighted by Crippen LogP contribution is 2.09. The molecule has 16 heavy (non-hydrogen) atoms. The number of carbonyl (C=O) groups is 1. The minimum Gasteiger partial charge on any atom is -0.465 e. The fourth-order valence-electron chi connectivity index (χ4n) is 1.12. The molecule has 4 nitrogen and oxygen atoms in total. The van der Waals surface area contributed by atoms with Crippen molar-refractivity contribution in [1.29, 1.82) is 0 Å². The van der Waals surface area contributed by atoms with E-state index in [2.05, 4.69) is 0 Å². The first-order valence-corrected chi connectivity index (χ1v) is 6.86. The third-order valence-corrected chi connectivity index (χ3v) is 2.69. The van der Waals surface area contributed by atoms with E-state index in [0.717, 1.165) is 12.2 Å². The number of hydrogen-bond acceptors (Lipinski definition) is 5. The second-order valence-electron chi connectivity index (χ2n) is 2.99. The smallest absolute Gasteiger partial charge is 0.315 e. The van der Waals surface area contributed by atoms with Gasteiger partial charge in [0.15, 0.2) is 6.29 Å². The normalized spacial score (nSPS) is 10.8. The maximum Gasteiger partial charge on any atom is 0.315 e. The van der Waals surface area contributed by atoms with Crippen LogP contribution in [0.25, 0.3) is 0 Å². The lowest BCUT2D eigenvalue weighted by Crippen LogP contribution is -2.18. The van der Waals surface area contributed by atoms with Crippen LogP contribution in [0.2, 0.25) is 0 Å². The van der Waals surface area contributed by atoms with E-state index in [0.29, 0.717) is 25.6 Å². The van der Waals surface area contributed by atoms with Crippen molar-refractivity contribution < 1.29 is 19.0 Å². The van der Waals surface area contributed by atoms with Crippen molar-refractivity contribution in [2.45, 2.75) is 33.5 Å². The van der Waals surface area contributed by atoms with Crippen LogP contribution in [0.1, 0.15) is 27.2 Å². The summed E-state index contributed by atoms with van der Waals surface area (Å²) in [4.78, 5) is 11.0. The molecule has 0 bridgehead atoms. The van der Waals surface area contributed by atoms with E-state index in [1.807, 2.05) is 20.8 Å². The Labute approximate surface area is 102 Å². The Morgan fingerprint density at radius 3 is 2.25 bits per heavy atom. The maximum absolute atomic E-state index is 11.0. The zero-order valence-corrected chi connectivity index (χ0v) is 11.2. The second-order valence-corrected chi connectivity index (χ2v) is 4.09. The lowest BCUT2D eigenvalue weighted by atomic mass is 10.5. The van der Waals surface area contributed by atoms with Crippen molar-refractivity contribution >= 4 is 17.7 Å². The molecule has 0 aromatic heterocycles. The topological polar surface area (TPSA) is 44.8 Å². The van der Waals surface area contributed by atoms with Crippen LogP contribution in [0, 0.1) is 0 Å². The van der Waals surface area contributed by atoms with Crippen molar-refractivity contribution in [3.63, 3.8) is 0 Å². The fraction of sp³-hybridized carbons (Fsp3) is 0.909. The maximum atomic E-state index is 11.0. The zero-order chi connectivity index (χ0) is 12.2. The molecule has 0 atom stereocenters. The highest BCUT2D eigenvalue weighted by molar-refractivity contribution is 7.99. The molecule has 0 fully saturated rings. The van der Waals surface area contributed by atoms with Gasteiger partial charge in [0.2, 0.25) is 0 Å². The summed E-state index contributed by atoms with van der Waals surface area (Å²) < 4.78 is 15.6. The highest BCUT2D eigenvalue weighted by atomic mass is 32.2. The van der Waals surface area contributed by atoms with Gasteiger partial charge in [-0.05, 0) is 26.5 Å². The number of hydrogen-bond donors (Lipinski definition) is 0. The third-order valence-electron chi connectivity index (χ3n) is 1.73. The van der Waals surface area contributed by atoms with Gasteiger partial charge in [-0.15, -0.1) is 11.8 Å². The summed E-state index contributed by atoms with van der Waals surface area (Å²) in [6, 6.07) is 0. The van der Waals surface area contributed by atoms with Gasteiger partial charge in [0.25, 0.3) is 0 Å². The van der Waals surface area contributed by atoms with Gasteiger partial charge in [0, 0.05) is 19.6 Å². The first-order chi connectivity index (χ1) is 7.74. The van der Waals surface area contributed by atoms with Crippen LogP contribution in [-0.2, 0) is 19.0 Å². The minimum absolute atomic E-state index is 0.148. The Bertz CT molecular complexity index is 169. The second kappa shape index (κ2) is 11.2. The van der Waals surface area contributed by atoms with E-state index >= 15 is 0 Å². The van der Waals surface area contributed by atoms with Crippen molar-refractivity contribution in [3.05, 3.63) is 0 Å². The Morgan fingerprint density at radius 2 is 1.75 bits per heavy atom. The summed E-state index contributed by atoms with van der Waals surface area (Å²) in [6.07, 6.45) is 0.649. The van der Waals surface area contributed by atoms with Gasteiger partial charge in [-0.25, -0.2) is 0 Å². The van der Waals surface area contributed by atoms with Crippen molar-refractivity contribution in [3.8, 4) is 0 Å². The van der Waals surface area contributed by atoms with Crippen LogP contribution < -0.4 is 0 Å². The van der Waals surface area contributed by atoms with Gasteiger partial charge in [0.05, 0.1) is 12.4 Å². The average molecular weight is 250 g/mol. The molecule has 0 heterocycles. The fourth-order valence-corrected chi connectivity index (χ4v) is 1.88. The summed E-state index contributed by atoms with van der Waals surface area (Å²) in [6.45, 7) is 7.43. The highest BCUT2D eigenvalue weighted by Gasteiger charge is 2.08. The van der Waals surface area contributed by atoms with Crippen LogP contribution >= 0.6 is 11.8 Å². The number of carbonyl (C=O) groups excluding carboxylic acids is 1. The van der Waals surface area contributed by atoms with E-state index < -0.39 is 0 Å². The molecule has 0 spiro atoms. The third kappa shape index (κ3) is 9.00. The number of thioether (sulfide) groups is 1. The molecule has 0 aromatic carbocycles. The molecule has 0 radical (unpaired) electrons. The molecule has 0 aliphatic carbocycles. The average Bonchev–Trinajstić information content (AvgIpc) is 2.25. The van der Waals surface area contributed by atoms with Gasteiger partial charge < -0.3 is 14.2 Å². The first-order valence-electron chi connectivity index (χ1n) is 5.71. The van der Waals surface area contributed by atoms with Crippen LogP contribution in [0.3, 0.4) is 0 Å². The van der Waals surface area contributed by atoms with E-state index in [1.165, 1.54) is 0 Å². The van der Waals surface area contributed by atoms with Gasteiger partial charge in [0.1, 0.15) is 0 Å². The largest absolute Gasteiger partial charge is 0.465 e. The Morgan fingerprint density at radius 1 is 1.12 bits per heavy atom. The van der Waals surface area contributed by atoms with E-state index in [9.17, 15) is 4.79 Å². The number of esters is 1. The standard InChI is InChI=1S/C11H22O4S/c1-4-13-10(12)9-16-8-7-11(14-5-2)15-6-3/h11H,4-9H2,1-3H3. The summed E-state index contributed by atoms with van der Waals surface area (Å²) in [5.74, 6) is 1.08. The first kappa shape index (κ1) is 15.7. The summed E-state index contributed by atoms with van der Waals surface area (Å²) in [7, 11) is 0. The lowest BCUT2D eigenvalue weighted by molar-refractivity contribution is -0.140. The molecule has 0 saturated heterocycles. The predicted molar refractivity (Wildman–Crippen MR) is 65.6 cm³/mol. The Kier molecular flexibility index (Phi) is 11.0. The molecule has 0 unspecified atom stereocenters. The summed E-state index contributed by atoms with van der Waals surface area (Å²) in [5.41, 5.74) is 0. The molecular formula is C11H22O4S. The van der Waals surface area contributed by atoms with Crippen molar-refractivity contribution in [2.24, 2.45) is 0 Å². The van der Waals surface area contributed by atoms with Gasteiger partial charge in [-0.2, -0.15) is 0 Å². The van der Waals surface area contributed by atoms with Crippen molar-refractivity contribution in [1.82, 2.24) is 0 Å². The van der Waals surface area contributed by atoms with Crippen LogP contribution in [0.15, 0.2) is 0 Å². The molecule has 96 valence electrons. The SMILES string of the molecule is CCOC(=O)CSCCC(OCC)OCC. The molecule has 0 N–H and O–H groups in total. The molecule has 0 rings (SSSR count). The predicted octanol–water partition coefficient (Wildman–Crippen LogP) is 2.07. The zero-order valence-electron chi connectivity index (χ0n) is 10.4. The van der Waals surface area contributed by atoms with Crippen LogP contribution in [0.5, 0.6) is 0 Å². The molecule has 0 amide bonds. The van der Waals surface area contributed by atoms with Gasteiger partial charge >= 0.3 is 5.97 Å². The summed E-state index contributed by atoms with van der Waals surface area (Å²) in [5, 5.41) is 0. The number of ether oxygens (including phenoxy) is 3. The van der Waals surface area contributed by atoms with E-state index in [-0.39, 0.29) is 12.3 Å². The van der Waals surface area contributed by atoms with Crippen molar-refractivity contribution in [2.75, 3.05) is 31.3 Å².